The highest BCUT2D eigenvalue weighted by Crippen LogP contribution is 2.38. The zero-order chi connectivity index (χ0) is 25.5. The van der Waals surface area contributed by atoms with Crippen molar-refractivity contribution in [2.24, 2.45) is 17.6 Å². The van der Waals surface area contributed by atoms with Gasteiger partial charge in [0.15, 0.2) is 0 Å². The van der Waals surface area contributed by atoms with Crippen LogP contribution in [0.15, 0.2) is 35.1 Å². The molecule has 3 N–H and O–H groups in total. The lowest BCUT2D eigenvalue weighted by atomic mass is 9.78. The van der Waals surface area contributed by atoms with Gasteiger partial charge < -0.3 is 15.7 Å². The summed E-state index contributed by atoms with van der Waals surface area (Å²) in [6, 6.07) is 2.80. The lowest BCUT2D eigenvalue weighted by Crippen LogP contribution is -2.44. The number of pyridine rings is 1. The first kappa shape index (κ1) is 24.8. The first-order valence-corrected chi connectivity index (χ1v) is 11.4. The fourth-order valence-corrected chi connectivity index (χ4v) is 5.37. The van der Waals surface area contributed by atoms with E-state index in [1.807, 2.05) is 0 Å². The van der Waals surface area contributed by atoms with Crippen LogP contribution >= 0.6 is 0 Å². The molecule has 188 valence electrons. The first-order valence-electron chi connectivity index (χ1n) is 11.4. The molecule has 0 radical (unpaired) electrons. The number of benzene rings is 1. The molecule has 0 unspecified atom stereocenters. The molecule has 1 aromatic carbocycles. The van der Waals surface area contributed by atoms with Crippen molar-refractivity contribution in [1.82, 2.24) is 4.57 Å². The van der Waals surface area contributed by atoms with Gasteiger partial charge in [0.05, 0.1) is 5.69 Å². The summed E-state index contributed by atoms with van der Waals surface area (Å²) in [7, 11) is 0. The van der Waals surface area contributed by atoms with E-state index < -0.39 is 29.1 Å². The zero-order valence-electron chi connectivity index (χ0n) is 19.0. The van der Waals surface area contributed by atoms with Gasteiger partial charge >= 0.3 is 18.0 Å². The molecule has 0 bridgehead atoms. The average Bonchev–Trinajstić information content (AvgIpc) is 3.28. The number of carboxylic acids is 1. The maximum atomic E-state index is 14.9. The van der Waals surface area contributed by atoms with Crippen molar-refractivity contribution in [1.29, 1.82) is 0 Å². The highest BCUT2D eigenvalue weighted by Gasteiger charge is 2.48. The van der Waals surface area contributed by atoms with E-state index in [1.54, 1.807) is 19.1 Å². The number of carboxylic acid groups (broad SMARTS) is 1. The second kappa shape index (κ2) is 9.37. The van der Waals surface area contributed by atoms with Crippen LogP contribution in [0.1, 0.15) is 42.1 Å². The number of alkyl halides is 2. The highest BCUT2D eigenvalue weighted by molar-refractivity contribution is 5.89. The van der Waals surface area contributed by atoms with Gasteiger partial charge in [-0.15, -0.1) is 0 Å². The van der Waals surface area contributed by atoms with Gasteiger partial charge in [-0.1, -0.05) is 25.5 Å². The molecule has 1 aromatic heterocycles. The minimum atomic E-state index is -4.78. The number of carbonyl (C=O) groups is 2. The Labute approximate surface area is 199 Å². The van der Waals surface area contributed by atoms with Gasteiger partial charge in [0.25, 0.3) is 5.56 Å². The van der Waals surface area contributed by atoms with Gasteiger partial charge in [0.1, 0.15) is 5.56 Å². The second-order valence-electron chi connectivity index (χ2n) is 9.11. The number of hydrogen-bond donors (Lipinski definition) is 2. The van der Waals surface area contributed by atoms with Gasteiger partial charge in [-0.25, -0.2) is 19.1 Å². The standard InChI is InChI=1S/C24H26F3N3O5/c1-2-13-10-17(22(32)33)21(31)30(24(25,26)23(34)35-27)20(13)14-6-8-16(9-7-14)29-11-15-4-3-5-19(28)18(15)12-29/h6-10,15,18-19H,2-5,11-12,28H2,1H3,(H,32,33)/t15-,18+,19+/m1/s1. The molecule has 1 saturated heterocycles. The summed E-state index contributed by atoms with van der Waals surface area (Å²) in [5.41, 5.74) is 4.34. The molecule has 2 heterocycles. The summed E-state index contributed by atoms with van der Waals surface area (Å²) >= 11 is 0. The molecule has 11 heteroatoms. The zero-order valence-corrected chi connectivity index (χ0v) is 19.0. The summed E-state index contributed by atoms with van der Waals surface area (Å²) in [4.78, 5) is 40.7. The predicted molar refractivity (Wildman–Crippen MR) is 121 cm³/mol. The molecule has 3 atom stereocenters. The van der Waals surface area contributed by atoms with Gasteiger partial charge in [0.2, 0.25) is 0 Å². The predicted octanol–water partition coefficient (Wildman–Crippen LogP) is 3.32. The van der Waals surface area contributed by atoms with Crippen LogP contribution in [0.4, 0.5) is 19.0 Å². The number of aromatic nitrogens is 1. The van der Waals surface area contributed by atoms with Crippen molar-refractivity contribution in [2.75, 3.05) is 18.0 Å². The Morgan fingerprint density at radius 1 is 1.20 bits per heavy atom. The van der Waals surface area contributed by atoms with E-state index >= 15 is 0 Å². The third kappa shape index (κ3) is 4.29. The maximum absolute atomic E-state index is 14.9. The van der Waals surface area contributed by atoms with E-state index in [0.717, 1.165) is 44.1 Å². The van der Waals surface area contributed by atoms with E-state index in [1.165, 1.54) is 12.1 Å². The van der Waals surface area contributed by atoms with E-state index in [9.17, 15) is 32.8 Å². The molecule has 2 aromatic rings. The second-order valence-corrected chi connectivity index (χ2v) is 9.11. The molecule has 2 aliphatic rings. The fraction of sp³-hybridized carbons (Fsp3) is 0.458. The third-order valence-corrected chi connectivity index (χ3v) is 7.15. The van der Waals surface area contributed by atoms with Crippen molar-refractivity contribution >= 4 is 17.6 Å². The lowest BCUT2D eigenvalue weighted by molar-refractivity contribution is -0.226. The molecular weight excluding hydrogens is 467 g/mol. The average molecular weight is 493 g/mol. The number of rotatable bonds is 6. The molecular formula is C24H26F3N3O5. The van der Waals surface area contributed by atoms with Crippen LogP contribution in [0, 0.1) is 11.8 Å². The number of fused-ring (bicyclic) bond motifs is 1. The van der Waals surface area contributed by atoms with Crippen molar-refractivity contribution in [2.45, 2.75) is 44.7 Å². The minimum Gasteiger partial charge on any atom is -0.477 e. The third-order valence-electron chi connectivity index (χ3n) is 7.15. The Morgan fingerprint density at radius 3 is 2.46 bits per heavy atom. The molecule has 4 rings (SSSR count). The highest BCUT2D eigenvalue weighted by atomic mass is 19.3. The number of halogens is 3. The van der Waals surface area contributed by atoms with Gasteiger partial charge in [-0.05, 0) is 60.4 Å². The largest absolute Gasteiger partial charge is 0.477 e. The molecule has 35 heavy (non-hydrogen) atoms. The van der Waals surface area contributed by atoms with E-state index in [2.05, 4.69) is 9.84 Å². The Kier molecular flexibility index (Phi) is 6.63. The number of nitrogens with zero attached hydrogens (tertiary/aromatic N) is 2. The Morgan fingerprint density at radius 2 is 1.89 bits per heavy atom. The number of aromatic carboxylic acids is 1. The fourth-order valence-electron chi connectivity index (χ4n) is 5.37. The molecule has 1 aliphatic carbocycles. The smallest absolute Gasteiger partial charge is 0.440 e. The number of aryl methyl sites for hydroxylation is 1. The van der Waals surface area contributed by atoms with Crippen molar-refractivity contribution < 1.29 is 32.9 Å². The van der Waals surface area contributed by atoms with Gasteiger partial charge in [-0.3, -0.25) is 4.79 Å². The van der Waals surface area contributed by atoms with Crippen LogP contribution in [-0.4, -0.2) is 40.7 Å². The van der Waals surface area contributed by atoms with Crippen LogP contribution in [0.25, 0.3) is 11.3 Å². The van der Waals surface area contributed by atoms with E-state index in [0.29, 0.717) is 11.8 Å². The van der Waals surface area contributed by atoms with Crippen LogP contribution in [0.5, 0.6) is 0 Å². The SMILES string of the molecule is CCc1cc(C(=O)O)c(=O)n(C(F)(F)C(=O)OF)c1-c1ccc(N2C[C@H]3CCC[C@H](N)[C@H]3C2)cc1. The number of carbonyl (C=O) groups excluding carboxylic acids is 1. The van der Waals surface area contributed by atoms with Crippen LogP contribution < -0.4 is 16.2 Å². The Balaban J connectivity index is 1.79. The molecule has 1 aliphatic heterocycles. The Hall–Kier alpha value is -3.34. The molecule has 2 fully saturated rings. The van der Waals surface area contributed by atoms with Gasteiger partial charge in [-0.2, -0.15) is 8.78 Å². The summed E-state index contributed by atoms with van der Waals surface area (Å²) < 4.78 is 42.0. The normalized spacial score (nSPS) is 22.1. The molecule has 0 spiro atoms. The monoisotopic (exact) mass is 493 g/mol. The van der Waals surface area contributed by atoms with Crippen molar-refractivity contribution in [3.8, 4) is 11.3 Å². The van der Waals surface area contributed by atoms with E-state index in [4.69, 9.17) is 5.73 Å². The lowest BCUT2D eigenvalue weighted by Gasteiger charge is -2.29. The summed E-state index contributed by atoms with van der Waals surface area (Å²) in [6.45, 7) is 3.19. The van der Waals surface area contributed by atoms with Crippen LogP contribution in [0.2, 0.25) is 0 Å². The maximum Gasteiger partial charge on any atom is 0.440 e. The molecule has 8 nitrogen and oxygen atoms in total. The van der Waals surface area contributed by atoms with Gasteiger partial charge in [0, 0.05) is 29.3 Å². The number of anilines is 1. The summed E-state index contributed by atoms with van der Waals surface area (Å²) in [6.07, 6.45) is 3.25. The topological polar surface area (TPSA) is 115 Å². The quantitative estimate of drug-likeness (QED) is 0.635. The van der Waals surface area contributed by atoms with Crippen LogP contribution in [-0.2, 0) is 22.2 Å². The summed E-state index contributed by atoms with van der Waals surface area (Å²) in [5, 5.41) is 9.33. The van der Waals surface area contributed by atoms with Crippen LogP contribution in [0.3, 0.4) is 0 Å². The minimum absolute atomic E-state index is 0.0613. The van der Waals surface area contributed by atoms with Crippen molar-refractivity contribution in [3.63, 3.8) is 0 Å². The van der Waals surface area contributed by atoms with Crippen molar-refractivity contribution in [3.05, 3.63) is 51.8 Å². The first-order chi connectivity index (χ1) is 16.6. The number of nitrogens with two attached hydrogens (primary N) is 1. The Bertz CT molecular complexity index is 1200. The summed E-state index contributed by atoms with van der Waals surface area (Å²) in [5.74, 6) is -3.50. The number of hydrogen-bond acceptors (Lipinski definition) is 6. The molecule has 0 amide bonds. The van der Waals surface area contributed by atoms with E-state index in [-0.39, 0.29) is 33.9 Å². The molecule has 1 saturated carbocycles.